The lowest BCUT2D eigenvalue weighted by molar-refractivity contribution is -0.0511. The number of nitrogens with zero attached hydrogens (tertiary/aromatic N) is 1. The molecule has 1 amide bonds. The Bertz CT molecular complexity index is 710. The van der Waals surface area contributed by atoms with Crippen LogP contribution in [0.25, 0.3) is 5.57 Å². The maximum atomic E-state index is 14.6. The molecule has 2 aliphatic rings. The zero-order valence-electron chi connectivity index (χ0n) is 15.8. The molecule has 26 heavy (non-hydrogen) atoms. The zero-order chi connectivity index (χ0) is 18.9. The molecule has 2 bridgehead atoms. The second kappa shape index (κ2) is 7.27. The molecule has 3 rings (SSSR count). The maximum Gasteiger partial charge on any atom is 0.411 e. The van der Waals surface area contributed by atoms with Crippen molar-refractivity contribution in [2.45, 2.75) is 51.8 Å². The molecule has 2 aliphatic heterocycles. The second-order valence-electron chi connectivity index (χ2n) is 7.59. The van der Waals surface area contributed by atoms with E-state index in [1.54, 1.807) is 17.0 Å². The van der Waals surface area contributed by atoms with Crippen LogP contribution in [0.1, 0.15) is 39.7 Å². The van der Waals surface area contributed by atoms with Gasteiger partial charge in [0.05, 0.1) is 37.5 Å². The second-order valence-corrected chi connectivity index (χ2v) is 7.59. The van der Waals surface area contributed by atoms with Crippen molar-refractivity contribution in [3.8, 4) is 5.75 Å². The molecule has 2 unspecified atom stereocenters. The van der Waals surface area contributed by atoms with Gasteiger partial charge in [-0.25, -0.2) is 9.18 Å². The number of rotatable bonds is 3. The molecule has 142 valence electrons. The number of ether oxygens (including phenoxy) is 3. The van der Waals surface area contributed by atoms with E-state index < -0.39 is 5.60 Å². The number of hydrogen-bond donors (Lipinski definition) is 0. The number of carbonyl (C=O) groups excluding carboxylic acids is 1. The van der Waals surface area contributed by atoms with Gasteiger partial charge in [-0.15, -0.1) is 0 Å². The Hall–Kier alpha value is -2.08. The third-order valence-corrected chi connectivity index (χ3v) is 4.40. The summed E-state index contributed by atoms with van der Waals surface area (Å²) < 4.78 is 31.3. The molecular formula is C20H26FNO4. The van der Waals surface area contributed by atoms with Crippen molar-refractivity contribution >= 4 is 11.7 Å². The fourth-order valence-corrected chi connectivity index (χ4v) is 3.47. The Kier molecular flexibility index (Phi) is 5.23. The number of carbonyl (C=O) groups is 1. The first-order chi connectivity index (χ1) is 12.3. The van der Waals surface area contributed by atoms with E-state index >= 15 is 0 Å². The molecule has 0 radical (unpaired) electrons. The third-order valence-electron chi connectivity index (χ3n) is 4.40. The van der Waals surface area contributed by atoms with Crippen molar-refractivity contribution in [3.05, 3.63) is 35.7 Å². The lowest BCUT2D eigenvalue weighted by Crippen LogP contribution is -2.57. The Morgan fingerprint density at radius 3 is 2.77 bits per heavy atom. The lowest BCUT2D eigenvalue weighted by Gasteiger charge is -2.44. The molecule has 1 aromatic carbocycles. The minimum atomic E-state index is -0.566. The highest BCUT2D eigenvalue weighted by Gasteiger charge is 2.40. The van der Waals surface area contributed by atoms with Gasteiger partial charge in [-0.1, -0.05) is 12.1 Å². The highest BCUT2D eigenvalue weighted by molar-refractivity contribution is 5.77. The smallest absolute Gasteiger partial charge is 0.411 e. The quantitative estimate of drug-likeness (QED) is 0.814. The summed E-state index contributed by atoms with van der Waals surface area (Å²) in [5.41, 5.74) is 0.768. The summed E-state index contributed by atoms with van der Waals surface area (Å²) in [5, 5.41) is 0. The van der Waals surface area contributed by atoms with Crippen LogP contribution >= 0.6 is 0 Å². The third kappa shape index (κ3) is 3.85. The predicted octanol–water partition coefficient (Wildman–Crippen LogP) is 4.02. The first-order valence-electron chi connectivity index (χ1n) is 9.01. The maximum absolute atomic E-state index is 14.6. The van der Waals surface area contributed by atoms with Gasteiger partial charge in [0.2, 0.25) is 0 Å². The van der Waals surface area contributed by atoms with Crippen LogP contribution in [0.3, 0.4) is 0 Å². The van der Waals surface area contributed by atoms with Gasteiger partial charge in [0.1, 0.15) is 17.2 Å². The van der Waals surface area contributed by atoms with E-state index in [-0.39, 0.29) is 24.0 Å². The molecule has 2 atom stereocenters. The normalized spacial score (nSPS) is 22.7. The predicted molar refractivity (Wildman–Crippen MR) is 96.6 cm³/mol. The van der Waals surface area contributed by atoms with Gasteiger partial charge in [0, 0.05) is 0 Å². The van der Waals surface area contributed by atoms with Crippen molar-refractivity contribution in [2.75, 3.05) is 19.8 Å². The number of morpholine rings is 1. The van der Waals surface area contributed by atoms with E-state index in [2.05, 4.69) is 0 Å². The molecule has 0 aliphatic carbocycles. The average molecular weight is 363 g/mol. The fourth-order valence-electron chi connectivity index (χ4n) is 3.47. The molecule has 0 N–H and O–H groups in total. The molecule has 6 heteroatoms. The summed E-state index contributed by atoms with van der Waals surface area (Å²) in [6.07, 6.45) is 2.04. The van der Waals surface area contributed by atoms with Gasteiger partial charge in [-0.3, -0.25) is 4.90 Å². The van der Waals surface area contributed by atoms with Gasteiger partial charge < -0.3 is 14.2 Å². The van der Waals surface area contributed by atoms with Gasteiger partial charge in [-0.2, -0.15) is 0 Å². The zero-order valence-corrected chi connectivity index (χ0v) is 15.8. The standard InChI is InChI=1S/C20H26FNO4/c1-5-25-17-8-6-7-16(21)18(17)13-9-14-11-24-12-15(10-13)22(14)19(23)26-20(2,3)4/h6-9,14-15H,5,10-12H2,1-4H3. The number of hydrogen-bond acceptors (Lipinski definition) is 4. The number of fused-ring (bicyclic) bond motifs is 2. The van der Waals surface area contributed by atoms with Crippen LogP contribution in [-0.2, 0) is 9.47 Å². The highest BCUT2D eigenvalue weighted by atomic mass is 19.1. The Morgan fingerprint density at radius 1 is 1.35 bits per heavy atom. The molecule has 5 nitrogen and oxygen atoms in total. The molecule has 0 aromatic heterocycles. The van der Waals surface area contributed by atoms with Gasteiger partial charge >= 0.3 is 6.09 Å². The minimum absolute atomic E-state index is 0.183. The van der Waals surface area contributed by atoms with E-state index in [4.69, 9.17) is 14.2 Å². The summed E-state index contributed by atoms with van der Waals surface area (Å²) in [6, 6.07) is 4.39. The van der Waals surface area contributed by atoms with Crippen LogP contribution in [-0.4, -0.2) is 48.5 Å². The number of halogens is 1. The Morgan fingerprint density at radius 2 is 2.12 bits per heavy atom. The first kappa shape index (κ1) is 18.7. The van der Waals surface area contributed by atoms with Crippen LogP contribution in [0.4, 0.5) is 9.18 Å². The summed E-state index contributed by atoms with van der Waals surface area (Å²) >= 11 is 0. The van der Waals surface area contributed by atoms with Gasteiger partial charge in [0.15, 0.2) is 0 Å². The lowest BCUT2D eigenvalue weighted by atomic mass is 9.89. The van der Waals surface area contributed by atoms with Crippen LogP contribution < -0.4 is 4.74 Å². The summed E-state index contributed by atoms with van der Waals surface area (Å²) in [5.74, 6) is 0.218. The molecule has 0 saturated carbocycles. The van der Waals surface area contributed by atoms with E-state index in [0.29, 0.717) is 37.6 Å². The van der Waals surface area contributed by atoms with Crippen LogP contribution in [0.5, 0.6) is 5.75 Å². The van der Waals surface area contributed by atoms with Crippen LogP contribution in [0.2, 0.25) is 0 Å². The average Bonchev–Trinajstić information content (AvgIpc) is 2.52. The van der Waals surface area contributed by atoms with Crippen molar-refractivity contribution < 1.29 is 23.4 Å². The number of benzene rings is 1. The number of amides is 1. The van der Waals surface area contributed by atoms with E-state index in [0.717, 1.165) is 5.57 Å². The van der Waals surface area contributed by atoms with Crippen molar-refractivity contribution in [1.82, 2.24) is 4.90 Å². The van der Waals surface area contributed by atoms with Crippen LogP contribution in [0, 0.1) is 5.82 Å². The molecule has 0 spiro atoms. The van der Waals surface area contributed by atoms with Gasteiger partial charge in [0.25, 0.3) is 0 Å². The molecule has 2 heterocycles. The van der Waals surface area contributed by atoms with Crippen LogP contribution in [0.15, 0.2) is 24.3 Å². The molecule has 1 aromatic rings. The SMILES string of the molecule is CCOc1cccc(F)c1C1=CC2COCC(C1)N2C(=O)OC(C)(C)C. The summed E-state index contributed by atoms with van der Waals surface area (Å²) in [4.78, 5) is 14.3. The monoisotopic (exact) mass is 363 g/mol. The van der Waals surface area contributed by atoms with Crippen molar-refractivity contribution in [3.63, 3.8) is 0 Å². The van der Waals surface area contributed by atoms with Crippen molar-refractivity contribution in [2.24, 2.45) is 0 Å². The molecular weight excluding hydrogens is 337 g/mol. The minimum Gasteiger partial charge on any atom is -0.493 e. The molecule has 1 fully saturated rings. The summed E-state index contributed by atoms with van der Waals surface area (Å²) in [6.45, 7) is 8.64. The highest BCUT2D eigenvalue weighted by Crippen LogP contribution is 2.38. The topological polar surface area (TPSA) is 48.0 Å². The van der Waals surface area contributed by atoms with E-state index in [1.807, 2.05) is 33.8 Å². The molecule has 1 saturated heterocycles. The Balaban J connectivity index is 1.93. The summed E-state index contributed by atoms with van der Waals surface area (Å²) in [7, 11) is 0. The first-order valence-corrected chi connectivity index (χ1v) is 9.01. The van der Waals surface area contributed by atoms with Crippen molar-refractivity contribution in [1.29, 1.82) is 0 Å². The fraction of sp³-hybridized carbons (Fsp3) is 0.550. The Labute approximate surface area is 153 Å². The van der Waals surface area contributed by atoms with Gasteiger partial charge in [-0.05, 0) is 51.8 Å². The van der Waals surface area contributed by atoms with E-state index in [9.17, 15) is 9.18 Å². The largest absolute Gasteiger partial charge is 0.493 e. The van der Waals surface area contributed by atoms with E-state index in [1.165, 1.54) is 6.07 Å².